The lowest BCUT2D eigenvalue weighted by atomic mass is 10.4. The fourth-order valence-electron chi connectivity index (χ4n) is 0.970. The van der Waals surface area contributed by atoms with Gasteiger partial charge >= 0.3 is 0 Å². The Morgan fingerprint density at radius 3 is 2.38 bits per heavy atom. The van der Waals surface area contributed by atoms with E-state index in [9.17, 15) is 0 Å². The lowest BCUT2D eigenvalue weighted by Gasteiger charge is -1.93. The minimum absolute atomic E-state index is 0.514. The van der Waals surface area contributed by atoms with E-state index in [0.717, 1.165) is 5.75 Å². The minimum atomic E-state index is 0.514. The maximum Gasteiger partial charge on any atom is 0.0703 e. The topological polar surface area (TPSA) is 0 Å². The van der Waals surface area contributed by atoms with Gasteiger partial charge in [-0.2, -0.15) is 0 Å². The Hall–Kier alpha value is -1.75. The molecule has 0 nitrogen and oxygen atoms in total. The molecule has 0 aliphatic carbocycles. The molecule has 1 aromatic rings. The Balaban J connectivity index is 2.20. The number of thioether (sulfide) groups is 1. The Bertz CT molecular complexity index is 457. The van der Waals surface area contributed by atoms with Crippen molar-refractivity contribution in [3.63, 3.8) is 0 Å². The first-order valence-electron chi connectivity index (χ1n) is 4.96. The van der Waals surface area contributed by atoms with E-state index in [-0.39, 0.29) is 0 Å². The van der Waals surface area contributed by atoms with Crippen LogP contribution in [0.3, 0.4) is 0 Å². The van der Waals surface area contributed by atoms with E-state index in [4.69, 9.17) is 6.42 Å². The number of hydrogen-bond acceptors (Lipinski definition) is 1. The van der Waals surface area contributed by atoms with Crippen LogP contribution in [0.5, 0.6) is 0 Å². The molecule has 1 heteroatoms. The smallest absolute Gasteiger partial charge is 0.0703 e. The first-order chi connectivity index (χ1) is 7.93. The average molecular weight is 224 g/mol. The molecule has 0 saturated carbocycles. The van der Waals surface area contributed by atoms with Crippen molar-refractivity contribution in [3.05, 3.63) is 30.3 Å². The third kappa shape index (κ3) is 5.87. The van der Waals surface area contributed by atoms with Gasteiger partial charge < -0.3 is 0 Å². The van der Waals surface area contributed by atoms with Crippen molar-refractivity contribution in [2.24, 2.45) is 0 Å². The molecule has 0 amide bonds. The van der Waals surface area contributed by atoms with E-state index < -0.39 is 0 Å². The highest BCUT2D eigenvalue weighted by Crippen LogP contribution is 2.15. The average Bonchev–Trinajstić information content (AvgIpc) is 2.34. The lowest BCUT2D eigenvalue weighted by molar-refractivity contribution is 1.46. The summed E-state index contributed by atoms with van der Waals surface area (Å²) in [4.78, 5) is 1.25. The zero-order valence-electron chi connectivity index (χ0n) is 8.99. The molecular formula is C15H12S. The van der Waals surface area contributed by atoms with Gasteiger partial charge in [-0.1, -0.05) is 47.8 Å². The number of benzene rings is 1. The summed E-state index contributed by atoms with van der Waals surface area (Å²) >= 11 is 1.73. The molecule has 0 radical (unpaired) electrons. The van der Waals surface area contributed by atoms with Crippen molar-refractivity contribution < 1.29 is 0 Å². The molecule has 0 spiro atoms. The van der Waals surface area contributed by atoms with Crippen LogP contribution >= 0.6 is 11.8 Å². The van der Waals surface area contributed by atoms with Gasteiger partial charge in [-0.15, -0.1) is 18.2 Å². The Morgan fingerprint density at radius 2 is 1.62 bits per heavy atom. The number of terminal acetylenes is 1. The molecule has 0 unspecified atom stereocenters. The van der Waals surface area contributed by atoms with Crippen molar-refractivity contribution in [1.82, 2.24) is 0 Å². The third-order valence-corrected chi connectivity index (χ3v) is 2.57. The highest BCUT2D eigenvalue weighted by molar-refractivity contribution is 7.99. The van der Waals surface area contributed by atoms with Crippen molar-refractivity contribution in [2.45, 2.75) is 17.7 Å². The molecule has 0 saturated heterocycles. The monoisotopic (exact) mass is 224 g/mol. The Morgan fingerprint density at radius 1 is 0.938 bits per heavy atom. The van der Waals surface area contributed by atoms with E-state index in [1.54, 1.807) is 11.8 Å². The quantitative estimate of drug-likeness (QED) is 0.549. The second kappa shape index (κ2) is 8.55. The van der Waals surface area contributed by atoms with Crippen LogP contribution in [0, 0.1) is 36.0 Å². The fraction of sp³-hybridized carbons (Fsp3) is 0.200. The van der Waals surface area contributed by atoms with Crippen molar-refractivity contribution in [1.29, 1.82) is 0 Å². The second-order valence-electron chi connectivity index (χ2n) is 2.87. The molecule has 1 aromatic carbocycles. The summed E-state index contributed by atoms with van der Waals surface area (Å²) in [6.45, 7) is 0. The van der Waals surface area contributed by atoms with Gasteiger partial charge in [-0.3, -0.25) is 0 Å². The molecule has 0 aromatic heterocycles. The van der Waals surface area contributed by atoms with Crippen LogP contribution < -0.4 is 0 Å². The van der Waals surface area contributed by atoms with Crippen LogP contribution in [0.2, 0.25) is 0 Å². The SMILES string of the molecule is C#CCC#CCC#CCSc1ccccc1. The van der Waals surface area contributed by atoms with Gasteiger partial charge in [-0.25, -0.2) is 0 Å². The Labute approximate surface area is 102 Å². The molecule has 0 N–H and O–H groups in total. The van der Waals surface area contributed by atoms with Gasteiger partial charge in [0.1, 0.15) is 0 Å². The van der Waals surface area contributed by atoms with Gasteiger partial charge in [0.2, 0.25) is 0 Å². The van der Waals surface area contributed by atoms with Crippen LogP contribution in [0.1, 0.15) is 12.8 Å². The molecule has 1 rings (SSSR count). The molecular weight excluding hydrogens is 212 g/mol. The summed E-state index contributed by atoms with van der Waals surface area (Å²) in [6.07, 6.45) is 6.19. The molecule has 0 bridgehead atoms. The highest BCUT2D eigenvalue weighted by atomic mass is 32.2. The molecule has 0 aliphatic heterocycles. The van der Waals surface area contributed by atoms with Gasteiger partial charge in [0.25, 0.3) is 0 Å². The molecule has 78 valence electrons. The third-order valence-electron chi connectivity index (χ3n) is 1.67. The molecule has 16 heavy (non-hydrogen) atoms. The predicted octanol–water partition coefficient (Wildman–Crippen LogP) is 3.20. The second-order valence-corrected chi connectivity index (χ2v) is 3.92. The maximum atomic E-state index is 5.06. The van der Waals surface area contributed by atoms with Crippen molar-refractivity contribution in [3.8, 4) is 36.0 Å². The predicted molar refractivity (Wildman–Crippen MR) is 70.8 cm³/mol. The fourth-order valence-corrected chi connectivity index (χ4v) is 1.66. The largest absolute Gasteiger partial charge is 0.119 e. The van der Waals surface area contributed by atoms with Crippen LogP contribution in [0.25, 0.3) is 0 Å². The van der Waals surface area contributed by atoms with E-state index in [2.05, 4.69) is 41.7 Å². The Kier molecular flexibility index (Phi) is 6.58. The summed E-state index contributed by atoms with van der Waals surface area (Å²) in [5.74, 6) is 15.1. The van der Waals surface area contributed by atoms with Crippen molar-refractivity contribution in [2.75, 3.05) is 5.75 Å². The summed E-state index contributed by atoms with van der Waals surface area (Å²) in [6, 6.07) is 10.2. The zero-order chi connectivity index (χ0) is 11.5. The van der Waals surface area contributed by atoms with E-state index >= 15 is 0 Å². The van der Waals surface area contributed by atoms with Gasteiger partial charge in [0, 0.05) is 4.90 Å². The number of hydrogen-bond donors (Lipinski definition) is 0. The maximum absolute atomic E-state index is 5.06. The van der Waals surface area contributed by atoms with Gasteiger partial charge in [-0.05, 0) is 12.1 Å². The summed E-state index contributed by atoms with van der Waals surface area (Å²) in [5.41, 5.74) is 0. The van der Waals surface area contributed by atoms with Crippen LogP contribution in [0.4, 0.5) is 0 Å². The summed E-state index contributed by atoms with van der Waals surface area (Å²) in [7, 11) is 0. The minimum Gasteiger partial charge on any atom is -0.119 e. The molecule has 0 aliphatic rings. The standard InChI is InChI=1S/C15H12S/c1-2-3-4-5-6-7-11-14-16-15-12-9-8-10-13-15/h1,8-10,12-13H,3,6,14H2. The zero-order valence-corrected chi connectivity index (χ0v) is 9.81. The van der Waals surface area contributed by atoms with Gasteiger partial charge in [0.15, 0.2) is 0 Å². The van der Waals surface area contributed by atoms with Crippen LogP contribution in [0.15, 0.2) is 35.2 Å². The summed E-state index contributed by atoms with van der Waals surface area (Å²) in [5, 5.41) is 0. The first-order valence-corrected chi connectivity index (χ1v) is 5.95. The van der Waals surface area contributed by atoms with E-state index in [1.807, 2.05) is 18.2 Å². The normalized spacial score (nSPS) is 7.94. The molecule has 0 heterocycles. The number of rotatable bonds is 2. The van der Waals surface area contributed by atoms with Crippen LogP contribution in [-0.2, 0) is 0 Å². The first kappa shape index (κ1) is 12.3. The van der Waals surface area contributed by atoms with Crippen molar-refractivity contribution >= 4 is 11.8 Å². The molecule has 0 atom stereocenters. The lowest BCUT2D eigenvalue weighted by Crippen LogP contribution is -1.73. The molecule has 0 fully saturated rings. The highest BCUT2D eigenvalue weighted by Gasteiger charge is 1.87. The van der Waals surface area contributed by atoms with E-state index in [0.29, 0.717) is 12.8 Å². The van der Waals surface area contributed by atoms with Gasteiger partial charge in [0.05, 0.1) is 18.6 Å². The summed E-state index contributed by atoms with van der Waals surface area (Å²) < 4.78 is 0. The van der Waals surface area contributed by atoms with E-state index in [1.165, 1.54) is 4.90 Å². The van der Waals surface area contributed by atoms with Crippen LogP contribution in [-0.4, -0.2) is 5.75 Å².